The zero-order valence-corrected chi connectivity index (χ0v) is 78.5. The molecular formula is C102H115Cl2F4N21O6. The number of halogens is 6. The van der Waals surface area contributed by atoms with E-state index in [1.807, 2.05) is 61.5 Å². The van der Waals surface area contributed by atoms with Crippen LogP contribution < -0.4 is 43.6 Å². The minimum atomic E-state index is -1.02. The van der Waals surface area contributed by atoms with Crippen molar-refractivity contribution in [2.24, 2.45) is 0 Å². The lowest BCUT2D eigenvalue weighted by Gasteiger charge is -2.41. The van der Waals surface area contributed by atoms with Crippen LogP contribution in [0.1, 0.15) is 110 Å². The normalized spacial score (nSPS) is 20.8. The van der Waals surface area contributed by atoms with E-state index in [2.05, 4.69) is 135 Å². The van der Waals surface area contributed by atoms with Gasteiger partial charge in [-0.15, -0.1) is 0 Å². The summed E-state index contributed by atoms with van der Waals surface area (Å²) in [6.07, 6.45) is 15.0. The monoisotopic (exact) mass is 1880 g/mol. The van der Waals surface area contributed by atoms with Crippen LogP contribution in [0.25, 0.3) is 46.9 Å². The van der Waals surface area contributed by atoms with Crippen LogP contribution in [0, 0.1) is 32.5 Å². The molecule has 10 aliphatic rings. The maximum atomic E-state index is 14.7. The van der Waals surface area contributed by atoms with E-state index in [1.54, 1.807) is 0 Å². The summed E-state index contributed by atoms with van der Waals surface area (Å²) < 4.78 is 75.3. The molecule has 9 aliphatic heterocycles. The van der Waals surface area contributed by atoms with Crippen molar-refractivity contribution < 1.29 is 46.2 Å². The first-order chi connectivity index (χ1) is 65.5. The number of likely N-dealkylation sites (tertiary alicyclic amines) is 3. The molecule has 0 spiro atoms. The van der Waals surface area contributed by atoms with Crippen LogP contribution in [-0.2, 0) is 53.3 Å². The summed E-state index contributed by atoms with van der Waals surface area (Å²) in [5, 5.41) is 7.51. The molecule has 5 atom stereocenters. The van der Waals surface area contributed by atoms with Crippen molar-refractivity contribution >= 4 is 108 Å². The largest absolute Gasteiger partial charge is 0.462 e. The van der Waals surface area contributed by atoms with Gasteiger partial charge in [0.2, 0.25) is 19.6 Å². The summed E-state index contributed by atoms with van der Waals surface area (Å²) >= 11 is 13.4. The molecule has 0 radical (unpaired) electrons. The molecule has 33 heteroatoms. The van der Waals surface area contributed by atoms with Crippen LogP contribution in [0.3, 0.4) is 0 Å². The third-order valence-corrected chi connectivity index (χ3v) is 29.3. The van der Waals surface area contributed by atoms with Gasteiger partial charge in [0.15, 0.2) is 17.5 Å². The number of aromatic nitrogens is 6. The fourth-order valence-electron chi connectivity index (χ4n) is 21.5. The average molecular weight is 1880 g/mol. The van der Waals surface area contributed by atoms with Gasteiger partial charge >= 0.3 is 18.0 Å². The Hall–Kier alpha value is -12.2. The highest BCUT2D eigenvalue weighted by atomic mass is 35.5. The fraction of sp³-hybridized carbons (Fsp3) is 0.471. The van der Waals surface area contributed by atoms with Gasteiger partial charge < -0.3 is 87.5 Å². The number of rotatable bonds is 21. The third kappa shape index (κ3) is 20.8. The predicted octanol–water partition coefficient (Wildman–Crippen LogP) is 15.7. The van der Waals surface area contributed by atoms with Crippen LogP contribution in [0.2, 0.25) is 10.0 Å². The summed E-state index contributed by atoms with van der Waals surface area (Å²) in [4.78, 5) is 103. The van der Waals surface area contributed by atoms with Gasteiger partial charge in [-0.05, 0) is 163 Å². The van der Waals surface area contributed by atoms with Crippen LogP contribution >= 0.6 is 23.2 Å². The Morgan fingerprint density at radius 2 is 0.793 bits per heavy atom. The zero-order chi connectivity index (χ0) is 94.2. The van der Waals surface area contributed by atoms with E-state index in [-0.39, 0.29) is 57.2 Å². The van der Waals surface area contributed by atoms with E-state index in [0.717, 1.165) is 183 Å². The first-order valence-corrected chi connectivity index (χ1v) is 48.0. The van der Waals surface area contributed by atoms with Gasteiger partial charge in [0.25, 0.3) is 17.7 Å². The molecule has 1 aliphatic carbocycles. The van der Waals surface area contributed by atoms with Crippen molar-refractivity contribution in [1.29, 1.82) is 0 Å². The van der Waals surface area contributed by atoms with Crippen LogP contribution in [0.5, 0.6) is 18.0 Å². The van der Waals surface area contributed by atoms with Gasteiger partial charge in [0.1, 0.15) is 60.7 Å². The molecule has 3 amide bonds. The molecule has 135 heavy (non-hydrogen) atoms. The van der Waals surface area contributed by atoms with Crippen LogP contribution in [0.4, 0.5) is 52.1 Å². The second kappa shape index (κ2) is 42.4. The Labute approximate surface area is 796 Å². The number of anilines is 6. The molecule has 12 heterocycles. The smallest absolute Gasteiger partial charge is 0.318 e. The Morgan fingerprint density at radius 3 is 1.17 bits per heavy atom. The number of likely N-dealkylation sites (N-methyl/N-ethyl adjacent to an activating group) is 2. The van der Waals surface area contributed by atoms with Crippen molar-refractivity contribution in [3.8, 4) is 18.0 Å². The number of benzene rings is 6. The first-order valence-electron chi connectivity index (χ1n) is 47.2. The van der Waals surface area contributed by atoms with Gasteiger partial charge in [-0.25, -0.2) is 37.3 Å². The lowest BCUT2D eigenvalue weighted by atomic mass is 9.92. The fourth-order valence-corrected chi connectivity index (χ4v) is 22.0. The molecule has 0 bridgehead atoms. The molecule has 9 aromatic rings. The van der Waals surface area contributed by atoms with E-state index >= 15 is 0 Å². The number of fused-ring (bicyclic) bond motifs is 6. The lowest BCUT2D eigenvalue weighted by molar-refractivity contribution is -0.131. The number of nitrogens with zero attached hydrogens (tertiary/aromatic N) is 21. The van der Waals surface area contributed by atoms with Gasteiger partial charge in [-0.1, -0.05) is 129 Å². The zero-order valence-electron chi connectivity index (χ0n) is 77.0. The maximum absolute atomic E-state index is 14.7. The highest BCUT2D eigenvalue weighted by Crippen LogP contribution is 2.43. The Kier molecular flexibility index (Phi) is 29.7. The standard InChI is InChI=1S/C37H43ClFN7O2.C33H37F2N7O2.C32H35ClFN7O2/c1-25(39)36(47)46-21-20-45(23-28(46)22-40-2)35-30-16-19-44(33-13-7-9-26-8-6-12-31(38)34(26)33)24-32(30)41-37(42-35)48-29-14-17-43(18-15-29)27-10-4-3-5-11-27;1-21-27(35)11-10-23-7-5-9-29(30(21)23)40-14-12-26-28(19-40)37-33(44-20-24-8-6-13-39(24)4)38-31(26)41-15-16-42(32(43)22(2)34)25(18-41)17-36-3;1-21(34)31(42)41-16-15-40(18-24(41)17-35-2)30-25-12-14-39(28-11-5-8-22-7-4-10-26(33)29(22)28)19-27(25)36-32(37-30)43-20-23-9-6-13-38(23)3/h6-9,12-13,27-29H,1,3-5,10-11,14-24H2;5,7,9-11,24-25H,2,6,8,12-20H2,1,4H3;4-5,7-8,10-11,23-24H,1,6,9,12-20H2,3H3/t28-;24-,25-;23-,24+/m000/s1. The Morgan fingerprint density at radius 1 is 0.422 bits per heavy atom. The van der Waals surface area contributed by atoms with Crippen molar-refractivity contribution in [1.82, 2.24) is 59.3 Å². The minimum absolute atomic E-state index is 0.0345. The number of hydrogen-bond donors (Lipinski definition) is 0. The maximum Gasteiger partial charge on any atom is 0.318 e. The van der Waals surface area contributed by atoms with Gasteiger partial charge in [0, 0.05) is 160 Å². The third-order valence-electron chi connectivity index (χ3n) is 28.7. The van der Waals surface area contributed by atoms with Crippen molar-refractivity contribution in [3.63, 3.8) is 0 Å². The lowest BCUT2D eigenvalue weighted by Crippen LogP contribution is -2.57. The van der Waals surface area contributed by atoms with Gasteiger partial charge in [0.05, 0.1) is 46.8 Å². The molecule has 27 nitrogen and oxygen atoms in total. The quantitative estimate of drug-likeness (QED) is 0.0372. The molecular weight excluding hydrogens is 1760 g/mol. The highest BCUT2D eigenvalue weighted by Gasteiger charge is 2.42. The summed E-state index contributed by atoms with van der Waals surface area (Å²) in [7, 11) is 4.20. The van der Waals surface area contributed by atoms with Gasteiger partial charge in [-0.3, -0.25) is 14.4 Å². The molecule has 6 aromatic carbocycles. The van der Waals surface area contributed by atoms with E-state index in [1.165, 1.54) is 52.9 Å². The number of aryl methyl sites for hydroxylation is 1. The van der Waals surface area contributed by atoms with E-state index in [4.69, 9.17) is 87.0 Å². The van der Waals surface area contributed by atoms with Gasteiger partial charge in [-0.2, -0.15) is 29.9 Å². The molecule has 0 unspecified atom stereocenters. The number of amides is 3. The highest BCUT2D eigenvalue weighted by molar-refractivity contribution is 6.37. The van der Waals surface area contributed by atoms with E-state index in [0.29, 0.717) is 139 Å². The Balaban J connectivity index is 0.000000141. The summed E-state index contributed by atoms with van der Waals surface area (Å²) in [6.45, 7) is 46.0. The number of piperazine rings is 3. The molecule has 0 N–H and O–H groups in total. The Bertz CT molecular complexity index is 6090. The van der Waals surface area contributed by atoms with Crippen LogP contribution in [-0.4, -0.2) is 271 Å². The van der Waals surface area contributed by atoms with E-state index < -0.39 is 53.3 Å². The summed E-state index contributed by atoms with van der Waals surface area (Å²) in [6, 6.07) is 34.5. The summed E-state index contributed by atoms with van der Waals surface area (Å²) in [5.74, 6) is -3.28. The molecule has 7 fully saturated rings. The van der Waals surface area contributed by atoms with Crippen molar-refractivity contribution in [2.45, 2.75) is 159 Å². The topological polar surface area (TPSA) is 208 Å². The first kappa shape index (κ1) is 94.6. The molecule has 706 valence electrons. The van der Waals surface area contributed by atoms with Crippen LogP contribution in [0.15, 0.2) is 140 Å². The molecule has 19 rings (SSSR count). The van der Waals surface area contributed by atoms with Crippen molar-refractivity contribution in [3.05, 3.63) is 230 Å². The molecule has 3 aromatic heterocycles. The van der Waals surface area contributed by atoms with Crippen molar-refractivity contribution in [2.75, 3.05) is 181 Å². The second-order valence-electron chi connectivity index (χ2n) is 36.9. The second-order valence-corrected chi connectivity index (χ2v) is 37.7. The average Bonchev–Trinajstić information content (AvgIpc) is 1.74. The SMILES string of the molecule is [C-]#[N+]C[C@@H]1CN(c2nc(OC[C@@H]3CCCN3C)nc3c2CCN(c2cccc4cccc(Cl)c24)C3)CCN1C(=O)C(=C)F.[C-]#[N+]C[C@H]1CN(c2nc(OC3CCN(C4CCCCC4)CC3)nc3c2CCN(c2cccc4cccc(Cl)c24)C3)CCN1C(=O)C(=C)F.[C-]#[N+]C[C@H]1CN(c2nc(OC[C@@H]3CCCN3C)nc3c2CCN(c2cccc4ccc(F)c(C)c24)C3)CCN1C(=O)C(=C)F. The summed E-state index contributed by atoms with van der Waals surface area (Å²) in [5.41, 5.74) is 9.39. The minimum Gasteiger partial charge on any atom is -0.462 e. The molecule has 1 saturated carbocycles. The number of carbonyl (C=O) groups is 3. The number of hydrogen-bond acceptors (Lipinski definition) is 21. The number of ether oxygens (including phenoxy) is 3. The number of piperidine rings is 1. The van der Waals surface area contributed by atoms with E-state index in [9.17, 15) is 31.9 Å². The predicted molar refractivity (Wildman–Crippen MR) is 520 cm³/mol. The molecule has 6 saturated heterocycles. The number of carbonyl (C=O) groups excluding carboxylic acids is 3.